The third-order valence-corrected chi connectivity index (χ3v) is 8.76. The molecule has 0 bridgehead atoms. The lowest BCUT2D eigenvalue weighted by atomic mass is 9.96. The molecule has 3 heterocycles. The normalized spacial score (nSPS) is 14.6. The van der Waals surface area contributed by atoms with Gasteiger partial charge < -0.3 is 10.2 Å². The quantitative estimate of drug-likeness (QED) is 0.289. The Hall–Kier alpha value is -3.29. The van der Waals surface area contributed by atoms with Crippen molar-refractivity contribution in [2.45, 2.75) is 26.7 Å². The molecule has 0 radical (unpaired) electrons. The smallest absolute Gasteiger partial charge is 0.227 e. The summed E-state index contributed by atoms with van der Waals surface area (Å²) in [7, 11) is 0. The maximum Gasteiger partial charge on any atom is 0.227 e. The Morgan fingerprint density at radius 3 is 2.17 bits per heavy atom. The van der Waals surface area contributed by atoms with E-state index >= 15 is 0 Å². The number of benzene rings is 3. The molecule has 7 heteroatoms. The summed E-state index contributed by atoms with van der Waals surface area (Å²) in [6.07, 6.45) is 1.67. The van der Waals surface area contributed by atoms with Gasteiger partial charge in [-0.15, -0.1) is 11.3 Å². The first-order chi connectivity index (χ1) is 17.0. The third kappa shape index (κ3) is 4.54. The molecule has 0 unspecified atom stereocenters. The fraction of sp³-hybridized carbons (Fsp3) is 0.250. The molecule has 176 valence electrons. The number of aryl methyl sites for hydroxylation is 2. The van der Waals surface area contributed by atoms with Gasteiger partial charge in [0.1, 0.15) is 5.01 Å². The molecular weight excluding hydrogens is 472 g/mol. The number of amides is 1. The average Bonchev–Trinajstić information content (AvgIpc) is 3.48. The van der Waals surface area contributed by atoms with Gasteiger partial charge in [0, 0.05) is 30.3 Å². The zero-order valence-electron chi connectivity index (χ0n) is 19.7. The number of carbonyl (C=O) groups is 1. The molecule has 6 rings (SSSR count). The maximum atomic E-state index is 12.9. The number of aromatic nitrogens is 2. The first kappa shape index (κ1) is 22.2. The number of anilines is 2. The van der Waals surface area contributed by atoms with E-state index in [1.807, 2.05) is 24.3 Å². The summed E-state index contributed by atoms with van der Waals surface area (Å²) in [5, 5.41) is 5.18. The Balaban J connectivity index is 1.08. The van der Waals surface area contributed by atoms with Crippen molar-refractivity contribution < 1.29 is 4.79 Å². The Labute approximate surface area is 212 Å². The molecular formula is C28H26N4OS2. The highest BCUT2D eigenvalue weighted by Gasteiger charge is 2.26. The van der Waals surface area contributed by atoms with E-state index in [2.05, 4.69) is 60.5 Å². The predicted molar refractivity (Wildman–Crippen MR) is 148 cm³/mol. The number of rotatable bonds is 4. The van der Waals surface area contributed by atoms with E-state index in [-0.39, 0.29) is 11.8 Å². The summed E-state index contributed by atoms with van der Waals surface area (Å²) >= 11 is 3.44. The van der Waals surface area contributed by atoms with Crippen LogP contribution in [0.1, 0.15) is 24.0 Å². The van der Waals surface area contributed by atoms with E-state index in [4.69, 9.17) is 9.97 Å². The summed E-state index contributed by atoms with van der Waals surface area (Å²) in [6, 6.07) is 20.8. The summed E-state index contributed by atoms with van der Waals surface area (Å²) in [5.74, 6) is 0.128. The van der Waals surface area contributed by atoms with Crippen LogP contribution in [0.15, 0.2) is 60.7 Å². The summed E-state index contributed by atoms with van der Waals surface area (Å²) in [6.45, 7) is 5.92. The molecule has 1 fully saturated rings. The molecule has 5 aromatic rings. The molecule has 0 atom stereocenters. The number of thiazole rings is 2. The van der Waals surface area contributed by atoms with Gasteiger partial charge in [-0.2, -0.15) is 0 Å². The van der Waals surface area contributed by atoms with Crippen LogP contribution in [-0.2, 0) is 4.79 Å². The van der Waals surface area contributed by atoms with Crippen LogP contribution in [0.5, 0.6) is 0 Å². The van der Waals surface area contributed by atoms with Crippen molar-refractivity contribution in [2.75, 3.05) is 23.3 Å². The molecule has 1 amide bonds. The lowest BCUT2D eigenvalue weighted by Gasteiger charge is -2.31. The molecule has 0 spiro atoms. The Morgan fingerprint density at radius 2 is 1.49 bits per heavy atom. The Morgan fingerprint density at radius 1 is 0.857 bits per heavy atom. The van der Waals surface area contributed by atoms with E-state index in [0.29, 0.717) is 0 Å². The van der Waals surface area contributed by atoms with Crippen molar-refractivity contribution in [1.29, 1.82) is 0 Å². The second-order valence-corrected chi connectivity index (χ2v) is 11.3. The van der Waals surface area contributed by atoms with Gasteiger partial charge in [0.15, 0.2) is 5.13 Å². The van der Waals surface area contributed by atoms with Crippen LogP contribution in [0.25, 0.3) is 31.0 Å². The fourth-order valence-corrected chi connectivity index (χ4v) is 6.77. The first-order valence-corrected chi connectivity index (χ1v) is 13.6. The van der Waals surface area contributed by atoms with Crippen LogP contribution >= 0.6 is 22.7 Å². The predicted octanol–water partition coefficient (Wildman–Crippen LogP) is 7.04. The van der Waals surface area contributed by atoms with Gasteiger partial charge in [0.05, 0.1) is 20.4 Å². The van der Waals surface area contributed by atoms with Crippen LogP contribution in [0, 0.1) is 19.8 Å². The Kier molecular flexibility index (Phi) is 5.74. The lowest BCUT2D eigenvalue weighted by Crippen LogP contribution is -2.38. The van der Waals surface area contributed by atoms with Crippen LogP contribution in [0.2, 0.25) is 0 Å². The summed E-state index contributed by atoms with van der Waals surface area (Å²) in [4.78, 5) is 24.8. The monoisotopic (exact) mass is 498 g/mol. The fourth-order valence-electron chi connectivity index (χ4n) is 4.58. The molecule has 35 heavy (non-hydrogen) atoms. The highest BCUT2D eigenvalue weighted by molar-refractivity contribution is 7.22. The van der Waals surface area contributed by atoms with E-state index in [1.165, 1.54) is 20.5 Å². The number of carbonyl (C=O) groups excluding carboxylic acids is 1. The van der Waals surface area contributed by atoms with Crippen LogP contribution in [-0.4, -0.2) is 29.0 Å². The number of fused-ring (bicyclic) bond motifs is 2. The van der Waals surface area contributed by atoms with Crippen molar-refractivity contribution in [2.24, 2.45) is 5.92 Å². The third-order valence-electron chi connectivity index (χ3n) is 6.61. The zero-order chi connectivity index (χ0) is 23.9. The molecule has 5 nitrogen and oxygen atoms in total. The largest absolute Gasteiger partial charge is 0.348 e. The lowest BCUT2D eigenvalue weighted by molar-refractivity contribution is -0.120. The van der Waals surface area contributed by atoms with E-state index in [0.717, 1.165) is 58.4 Å². The van der Waals surface area contributed by atoms with Gasteiger partial charge >= 0.3 is 0 Å². The highest BCUT2D eigenvalue weighted by atomic mass is 32.1. The van der Waals surface area contributed by atoms with Crippen molar-refractivity contribution in [3.05, 3.63) is 71.8 Å². The number of hydrogen-bond acceptors (Lipinski definition) is 6. The maximum absolute atomic E-state index is 12.9. The topological polar surface area (TPSA) is 58.1 Å². The molecule has 0 saturated carbocycles. The van der Waals surface area contributed by atoms with Gasteiger partial charge in [0.2, 0.25) is 5.91 Å². The van der Waals surface area contributed by atoms with Crippen LogP contribution in [0.3, 0.4) is 0 Å². The number of piperidine rings is 1. The number of hydrogen-bond donors (Lipinski definition) is 1. The highest BCUT2D eigenvalue weighted by Crippen LogP contribution is 2.33. The minimum atomic E-state index is 0.0232. The van der Waals surface area contributed by atoms with E-state index < -0.39 is 0 Å². The van der Waals surface area contributed by atoms with Gasteiger partial charge in [0.25, 0.3) is 0 Å². The van der Waals surface area contributed by atoms with E-state index in [9.17, 15) is 4.79 Å². The first-order valence-electron chi connectivity index (χ1n) is 11.9. The second kappa shape index (κ2) is 9.06. The summed E-state index contributed by atoms with van der Waals surface area (Å²) in [5.41, 5.74) is 6.49. The second-order valence-electron chi connectivity index (χ2n) is 9.29. The minimum Gasteiger partial charge on any atom is -0.348 e. The molecule has 1 saturated heterocycles. The van der Waals surface area contributed by atoms with Crippen LogP contribution < -0.4 is 10.2 Å². The van der Waals surface area contributed by atoms with Gasteiger partial charge in [-0.25, -0.2) is 9.97 Å². The SMILES string of the molecule is Cc1ccc2nc(-c3ccc(NC(=O)C4CCN(c5nc6ccc(C)cc6s5)CC4)cc3)sc2c1. The standard InChI is InChI=1S/C28H26N4OS2/c1-17-3-9-22-24(15-17)34-27(30-22)20-5-7-21(8-6-20)29-26(33)19-11-13-32(14-12-19)28-31-23-10-4-18(2)16-25(23)35-28/h3-10,15-16,19H,11-14H2,1-2H3,(H,29,33). The average molecular weight is 499 g/mol. The minimum absolute atomic E-state index is 0.0232. The van der Waals surface area contributed by atoms with Crippen LogP contribution in [0.4, 0.5) is 10.8 Å². The van der Waals surface area contributed by atoms with Crippen molar-refractivity contribution in [3.8, 4) is 10.6 Å². The number of nitrogens with one attached hydrogen (secondary N) is 1. The Bertz CT molecular complexity index is 1530. The molecule has 1 N–H and O–H groups in total. The van der Waals surface area contributed by atoms with Gasteiger partial charge in [-0.05, 0) is 86.3 Å². The van der Waals surface area contributed by atoms with Gasteiger partial charge in [-0.3, -0.25) is 4.79 Å². The molecule has 2 aromatic heterocycles. The van der Waals surface area contributed by atoms with E-state index in [1.54, 1.807) is 22.7 Å². The van der Waals surface area contributed by atoms with Gasteiger partial charge in [-0.1, -0.05) is 23.5 Å². The van der Waals surface area contributed by atoms with Crippen molar-refractivity contribution in [3.63, 3.8) is 0 Å². The number of nitrogens with zero attached hydrogens (tertiary/aromatic N) is 3. The van der Waals surface area contributed by atoms with Crippen molar-refractivity contribution in [1.82, 2.24) is 9.97 Å². The molecule has 3 aromatic carbocycles. The summed E-state index contributed by atoms with van der Waals surface area (Å²) < 4.78 is 2.42. The molecule has 1 aliphatic heterocycles. The molecule has 0 aliphatic carbocycles. The molecule has 1 aliphatic rings. The van der Waals surface area contributed by atoms with Crippen molar-refractivity contribution >= 4 is 59.8 Å². The zero-order valence-corrected chi connectivity index (χ0v) is 21.4.